The maximum Gasteiger partial charge on any atom is 0.254 e. The lowest BCUT2D eigenvalue weighted by Crippen LogP contribution is -2.42. The molecule has 3 heteroatoms. The molecule has 0 saturated carbocycles. The molecular formula is C16H23NO2. The standard InChI is InChI=1S/C16H23NO2/c1-10-8-11(2)13(4)15(12(10)3)16(19)17-7-5-6-14(18)9-17/h8,14,18H,5-7,9H2,1-4H3. The average Bonchev–Trinajstić information content (AvgIpc) is 2.36. The molecule has 2 rings (SSSR count). The molecule has 0 radical (unpaired) electrons. The second-order valence-electron chi connectivity index (χ2n) is 5.68. The van der Waals surface area contributed by atoms with Crippen LogP contribution in [-0.4, -0.2) is 35.1 Å². The summed E-state index contributed by atoms with van der Waals surface area (Å²) in [6.07, 6.45) is 1.31. The Morgan fingerprint density at radius 1 is 1.21 bits per heavy atom. The minimum absolute atomic E-state index is 0.0700. The van der Waals surface area contributed by atoms with Crippen molar-refractivity contribution in [3.8, 4) is 0 Å². The highest BCUT2D eigenvalue weighted by atomic mass is 16.3. The van der Waals surface area contributed by atoms with E-state index in [0.717, 1.165) is 47.2 Å². The van der Waals surface area contributed by atoms with E-state index in [-0.39, 0.29) is 12.0 Å². The summed E-state index contributed by atoms with van der Waals surface area (Å²) in [5.74, 6) is 0.0700. The first-order valence-corrected chi connectivity index (χ1v) is 6.96. The van der Waals surface area contributed by atoms with E-state index in [4.69, 9.17) is 0 Å². The zero-order chi connectivity index (χ0) is 14.2. The third kappa shape index (κ3) is 2.66. The Kier molecular flexibility index (Phi) is 3.95. The predicted molar refractivity (Wildman–Crippen MR) is 76.5 cm³/mol. The van der Waals surface area contributed by atoms with Gasteiger partial charge in [-0.15, -0.1) is 0 Å². The first-order valence-electron chi connectivity index (χ1n) is 6.96. The van der Waals surface area contributed by atoms with Crippen molar-refractivity contribution in [1.29, 1.82) is 0 Å². The highest BCUT2D eigenvalue weighted by molar-refractivity contribution is 5.97. The maximum absolute atomic E-state index is 12.7. The third-order valence-electron chi connectivity index (χ3n) is 4.26. The molecule has 1 atom stereocenters. The molecule has 3 nitrogen and oxygen atoms in total. The molecule has 1 heterocycles. The number of aliphatic hydroxyl groups excluding tert-OH is 1. The summed E-state index contributed by atoms with van der Waals surface area (Å²) >= 11 is 0. The number of hydrogen-bond acceptors (Lipinski definition) is 2. The van der Waals surface area contributed by atoms with Gasteiger partial charge in [0, 0.05) is 18.7 Å². The SMILES string of the molecule is Cc1cc(C)c(C)c(C(=O)N2CCCC(O)C2)c1C. The molecule has 0 spiro atoms. The summed E-state index contributed by atoms with van der Waals surface area (Å²) in [5.41, 5.74) is 5.26. The highest BCUT2D eigenvalue weighted by Gasteiger charge is 2.26. The summed E-state index contributed by atoms with van der Waals surface area (Å²) in [5, 5.41) is 9.73. The van der Waals surface area contributed by atoms with Crippen LogP contribution in [0.25, 0.3) is 0 Å². The van der Waals surface area contributed by atoms with Gasteiger partial charge in [-0.3, -0.25) is 4.79 Å². The largest absolute Gasteiger partial charge is 0.391 e. The van der Waals surface area contributed by atoms with Gasteiger partial charge in [0.05, 0.1) is 6.10 Å². The Morgan fingerprint density at radius 2 is 1.79 bits per heavy atom. The van der Waals surface area contributed by atoms with Crippen LogP contribution in [0.4, 0.5) is 0 Å². The normalized spacial score (nSPS) is 19.6. The summed E-state index contributed by atoms with van der Waals surface area (Å²) in [6.45, 7) is 9.32. The van der Waals surface area contributed by atoms with Gasteiger partial charge < -0.3 is 10.0 Å². The van der Waals surface area contributed by atoms with E-state index in [1.165, 1.54) is 0 Å². The fraction of sp³-hybridized carbons (Fsp3) is 0.562. The molecule has 0 aliphatic carbocycles. The van der Waals surface area contributed by atoms with Gasteiger partial charge in [-0.1, -0.05) is 6.07 Å². The van der Waals surface area contributed by atoms with Crippen LogP contribution in [0.3, 0.4) is 0 Å². The van der Waals surface area contributed by atoms with Crippen LogP contribution in [-0.2, 0) is 0 Å². The first-order chi connectivity index (χ1) is 8.91. The summed E-state index contributed by atoms with van der Waals surface area (Å²) in [7, 11) is 0. The quantitative estimate of drug-likeness (QED) is 0.844. The minimum atomic E-state index is -0.371. The molecule has 19 heavy (non-hydrogen) atoms. The van der Waals surface area contributed by atoms with Gasteiger partial charge in [-0.25, -0.2) is 0 Å². The smallest absolute Gasteiger partial charge is 0.254 e. The predicted octanol–water partition coefficient (Wildman–Crippen LogP) is 2.52. The Balaban J connectivity index is 2.38. The molecule has 1 fully saturated rings. The Morgan fingerprint density at radius 3 is 2.32 bits per heavy atom. The van der Waals surface area contributed by atoms with Crippen molar-refractivity contribution in [2.24, 2.45) is 0 Å². The van der Waals surface area contributed by atoms with E-state index in [1.807, 2.05) is 27.7 Å². The number of carbonyl (C=O) groups is 1. The molecule has 1 aliphatic heterocycles. The topological polar surface area (TPSA) is 40.5 Å². The molecule has 1 N–H and O–H groups in total. The molecule has 104 valence electrons. The molecule has 1 aromatic carbocycles. The van der Waals surface area contributed by atoms with Crippen LogP contribution < -0.4 is 0 Å². The number of rotatable bonds is 1. The molecule has 1 saturated heterocycles. The van der Waals surface area contributed by atoms with Crippen LogP contribution in [0.2, 0.25) is 0 Å². The van der Waals surface area contributed by atoms with E-state index in [0.29, 0.717) is 6.54 Å². The van der Waals surface area contributed by atoms with E-state index >= 15 is 0 Å². The van der Waals surface area contributed by atoms with Gasteiger partial charge in [0.2, 0.25) is 0 Å². The Hall–Kier alpha value is -1.35. The molecule has 0 aromatic heterocycles. The summed E-state index contributed by atoms with van der Waals surface area (Å²) in [6, 6.07) is 2.13. The van der Waals surface area contributed by atoms with Crippen LogP contribution in [0.5, 0.6) is 0 Å². The van der Waals surface area contributed by atoms with E-state index in [1.54, 1.807) is 4.90 Å². The van der Waals surface area contributed by atoms with Crippen LogP contribution in [0.1, 0.15) is 45.5 Å². The fourth-order valence-corrected chi connectivity index (χ4v) is 2.83. The first kappa shape index (κ1) is 14.1. The van der Waals surface area contributed by atoms with Gasteiger partial charge in [0.25, 0.3) is 5.91 Å². The minimum Gasteiger partial charge on any atom is -0.391 e. The average molecular weight is 261 g/mol. The zero-order valence-electron chi connectivity index (χ0n) is 12.3. The fourth-order valence-electron chi connectivity index (χ4n) is 2.83. The second-order valence-corrected chi connectivity index (χ2v) is 5.68. The zero-order valence-corrected chi connectivity index (χ0v) is 12.3. The molecule has 1 aromatic rings. The van der Waals surface area contributed by atoms with Crippen LogP contribution in [0, 0.1) is 27.7 Å². The summed E-state index contributed by atoms with van der Waals surface area (Å²) in [4.78, 5) is 14.5. The highest BCUT2D eigenvalue weighted by Crippen LogP contribution is 2.24. The van der Waals surface area contributed by atoms with E-state index < -0.39 is 0 Å². The van der Waals surface area contributed by atoms with Crippen molar-refractivity contribution in [3.63, 3.8) is 0 Å². The number of aryl methyl sites for hydroxylation is 2. The lowest BCUT2D eigenvalue weighted by molar-refractivity contribution is 0.0472. The Bertz CT molecular complexity index is 482. The van der Waals surface area contributed by atoms with Gasteiger partial charge >= 0.3 is 0 Å². The number of carbonyl (C=O) groups excluding carboxylic acids is 1. The number of nitrogens with zero attached hydrogens (tertiary/aromatic N) is 1. The number of amides is 1. The molecule has 0 bridgehead atoms. The van der Waals surface area contributed by atoms with Crippen molar-refractivity contribution in [3.05, 3.63) is 33.9 Å². The number of hydrogen-bond donors (Lipinski definition) is 1. The van der Waals surface area contributed by atoms with E-state index in [2.05, 4.69) is 6.07 Å². The van der Waals surface area contributed by atoms with Gasteiger partial charge in [0.15, 0.2) is 0 Å². The Labute approximate surface area is 115 Å². The van der Waals surface area contributed by atoms with Crippen molar-refractivity contribution in [2.75, 3.05) is 13.1 Å². The van der Waals surface area contributed by atoms with Gasteiger partial charge in [-0.05, 0) is 62.8 Å². The number of piperidine rings is 1. The van der Waals surface area contributed by atoms with Crippen molar-refractivity contribution < 1.29 is 9.90 Å². The number of benzene rings is 1. The number of aliphatic hydroxyl groups is 1. The summed E-state index contributed by atoms with van der Waals surface area (Å²) < 4.78 is 0. The second kappa shape index (κ2) is 5.33. The van der Waals surface area contributed by atoms with Crippen molar-refractivity contribution >= 4 is 5.91 Å². The monoisotopic (exact) mass is 261 g/mol. The molecule has 1 unspecified atom stereocenters. The van der Waals surface area contributed by atoms with Gasteiger partial charge in [-0.2, -0.15) is 0 Å². The number of likely N-dealkylation sites (tertiary alicyclic amines) is 1. The lowest BCUT2D eigenvalue weighted by atomic mass is 9.93. The molecular weight excluding hydrogens is 238 g/mol. The van der Waals surface area contributed by atoms with Crippen molar-refractivity contribution in [1.82, 2.24) is 4.90 Å². The van der Waals surface area contributed by atoms with Gasteiger partial charge in [0.1, 0.15) is 0 Å². The lowest BCUT2D eigenvalue weighted by Gasteiger charge is -2.31. The third-order valence-corrected chi connectivity index (χ3v) is 4.26. The molecule has 1 aliphatic rings. The van der Waals surface area contributed by atoms with Crippen molar-refractivity contribution in [2.45, 2.75) is 46.6 Å². The molecule has 1 amide bonds. The van der Waals surface area contributed by atoms with Crippen LogP contribution >= 0.6 is 0 Å². The van der Waals surface area contributed by atoms with E-state index in [9.17, 15) is 9.90 Å². The maximum atomic E-state index is 12.7. The number of β-amino-alcohol motifs (C(OH)–C–C–N with tert-alkyl or cyclic N) is 1. The van der Waals surface area contributed by atoms with Crippen LogP contribution in [0.15, 0.2) is 6.07 Å².